The maximum absolute atomic E-state index is 11.0. The monoisotopic (exact) mass is 306 g/mol. The molecule has 5 nitrogen and oxygen atoms in total. The van der Waals surface area contributed by atoms with Crippen molar-refractivity contribution in [3.8, 4) is 0 Å². The smallest absolute Gasteiger partial charge is 0.335 e. The van der Waals surface area contributed by atoms with Crippen LogP contribution in [0.4, 0.5) is 0 Å². The normalized spacial score (nSPS) is 22.9. The van der Waals surface area contributed by atoms with E-state index in [4.69, 9.17) is 9.84 Å². The first-order chi connectivity index (χ1) is 10.4. The number of nitrogens with zero attached hydrogens (tertiary/aromatic N) is 2. The fourth-order valence-electron chi connectivity index (χ4n) is 2.97. The summed E-state index contributed by atoms with van der Waals surface area (Å²) in [6.07, 6.45) is 0.586. The van der Waals surface area contributed by atoms with Crippen molar-refractivity contribution in [1.29, 1.82) is 0 Å². The van der Waals surface area contributed by atoms with Gasteiger partial charge in [0.1, 0.15) is 0 Å². The van der Waals surface area contributed by atoms with Crippen LogP contribution >= 0.6 is 0 Å². The Balaban J connectivity index is 1.81. The molecule has 22 heavy (non-hydrogen) atoms. The van der Waals surface area contributed by atoms with Crippen LogP contribution < -0.4 is 0 Å². The molecule has 0 saturated carbocycles. The van der Waals surface area contributed by atoms with Gasteiger partial charge in [0.2, 0.25) is 0 Å². The summed E-state index contributed by atoms with van der Waals surface area (Å²) in [5.74, 6) is -0.874. The zero-order chi connectivity index (χ0) is 16.1. The van der Waals surface area contributed by atoms with Crippen LogP contribution in [0.25, 0.3) is 0 Å². The molecule has 1 aromatic rings. The topological polar surface area (TPSA) is 53.0 Å². The second kappa shape index (κ2) is 7.72. The first-order valence-corrected chi connectivity index (χ1v) is 7.82. The van der Waals surface area contributed by atoms with Crippen molar-refractivity contribution in [2.24, 2.45) is 0 Å². The van der Waals surface area contributed by atoms with Gasteiger partial charge in [-0.25, -0.2) is 4.79 Å². The molecule has 0 radical (unpaired) electrons. The van der Waals surface area contributed by atoms with Gasteiger partial charge < -0.3 is 14.7 Å². The minimum Gasteiger partial charge on any atom is -0.478 e. The standard InChI is InChI=1S/C17H26N2O3/c1-13-10-19(11-14(2)22-13)8-7-18(3)12-15-5-4-6-16(9-15)17(20)21/h4-6,9,13-14H,7-8,10-12H2,1-3H3,(H,20,21)/t13-,14+. The Morgan fingerprint density at radius 2 is 2.05 bits per heavy atom. The average Bonchev–Trinajstić information content (AvgIpc) is 2.44. The zero-order valence-corrected chi connectivity index (χ0v) is 13.7. The average molecular weight is 306 g/mol. The van der Waals surface area contributed by atoms with Crippen molar-refractivity contribution < 1.29 is 14.6 Å². The molecule has 2 rings (SSSR count). The highest BCUT2D eigenvalue weighted by atomic mass is 16.5. The highest BCUT2D eigenvalue weighted by Crippen LogP contribution is 2.11. The molecule has 0 amide bonds. The third kappa shape index (κ3) is 5.09. The van der Waals surface area contributed by atoms with Gasteiger partial charge >= 0.3 is 5.97 Å². The second-order valence-electron chi connectivity index (χ2n) is 6.26. The molecule has 1 N–H and O–H groups in total. The number of carboxylic acid groups (broad SMARTS) is 1. The molecule has 0 unspecified atom stereocenters. The van der Waals surface area contributed by atoms with Crippen LogP contribution in [0.5, 0.6) is 0 Å². The van der Waals surface area contributed by atoms with Crippen LogP contribution in [0.3, 0.4) is 0 Å². The number of carboxylic acids is 1. The molecule has 1 aliphatic heterocycles. The Morgan fingerprint density at radius 1 is 1.36 bits per heavy atom. The molecular formula is C17H26N2O3. The van der Waals surface area contributed by atoms with Gasteiger partial charge in [0.15, 0.2) is 0 Å². The molecule has 0 bridgehead atoms. The van der Waals surface area contributed by atoms with Crippen molar-refractivity contribution >= 4 is 5.97 Å². The summed E-state index contributed by atoms with van der Waals surface area (Å²) < 4.78 is 5.74. The second-order valence-corrected chi connectivity index (χ2v) is 6.26. The largest absolute Gasteiger partial charge is 0.478 e. The van der Waals surface area contributed by atoms with E-state index in [0.29, 0.717) is 17.8 Å². The van der Waals surface area contributed by atoms with Crippen LogP contribution in [0, 0.1) is 0 Å². The Kier molecular flexibility index (Phi) is 5.94. The third-order valence-electron chi connectivity index (χ3n) is 3.92. The van der Waals surface area contributed by atoms with E-state index in [0.717, 1.165) is 38.3 Å². The van der Waals surface area contributed by atoms with E-state index < -0.39 is 5.97 Å². The Labute approximate surface area is 132 Å². The lowest BCUT2D eigenvalue weighted by molar-refractivity contribution is -0.0691. The van der Waals surface area contributed by atoms with Gasteiger partial charge in [0.25, 0.3) is 0 Å². The number of carbonyl (C=O) groups is 1. The Bertz CT molecular complexity index is 496. The number of aromatic carboxylic acids is 1. The number of morpholine rings is 1. The number of likely N-dealkylation sites (N-methyl/N-ethyl adjacent to an activating group) is 1. The number of hydrogen-bond acceptors (Lipinski definition) is 4. The maximum Gasteiger partial charge on any atom is 0.335 e. The lowest BCUT2D eigenvalue weighted by Gasteiger charge is -2.36. The molecule has 0 spiro atoms. The van der Waals surface area contributed by atoms with E-state index in [1.807, 2.05) is 6.07 Å². The van der Waals surface area contributed by atoms with Crippen LogP contribution in [-0.4, -0.2) is 66.3 Å². The minimum atomic E-state index is -0.874. The highest BCUT2D eigenvalue weighted by Gasteiger charge is 2.21. The van der Waals surface area contributed by atoms with Crippen LogP contribution in [0.2, 0.25) is 0 Å². The summed E-state index contributed by atoms with van der Waals surface area (Å²) in [5.41, 5.74) is 1.38. The molecule has 5 heteroatoms. The molecule has 1 aliphatic rings. The van der Waals surface area contributed by atoms with Crippen LogP contribution in [0.1, 0.15) is 29.8 Å². The molecule has 2 atom stereocenters. The molecule has 1 saturated heterocycles. The SMILES string of the molecule is C[C@@H]1CN(CCN(C)Cc2cccc(C(=O)O)c2)C[C@H](C)O1. The van der Waals surface area contributed by atoms with E-state index in [9.17, 15) is 4.79 Å². The lowest BCUT2D eigenvalue weighted by Crippen LogP contribution is -2.47. The molecular weight excluding hydrogens is 280 g/mol. The number of hydrogen-bond donors (Lipinski definition) is 1. The number of benzene rings is 1. The minimum absolute atomic E-state index is 0.293. The van der Waals surface area contributed by atoms with Crippen molar-refractivity contribution in [2.75, 3.05) is 33.2 Å². The van der Waals surface area contributed by atoms with E-state index in [-0.39, 0.29) is 0 Å². The first kappa shape index (κ1) is 16.9. The van der Waals surface area contributed by atoms with E-state index in [1.54, 1.807) is 18.2 Å². The summed E-state index contributed by atoms with van der Waals surface area (Å²) >= 11 is 0. The van der Waals surface area contributed by atoms with Gasteiger partial charge in [0.05, 0.1) is 17.8 Å². The summed E-state index contributed by atoms with van der Waals surface area (Å²) in [6, 6.07) is 7.15. The van der Waals surface area contributed by atoms with Crippen molar-refractivity contribution in [3.05, 3.63) is 35.4 Å². The number of ether oxygens (including phenoxy) is 1. The quantitative estimate of drug-likeness (QED) is 0.870. The maximum atomic E-state index is 11.0. The van der Waals surface area contributed by atoms with E-state index >= 15 is 0 Å². The predicted octanol–water partition coefficient (Wildman–Crippen LogP) is 1.93. The van der Waals surface area contributed by atoms with Gasteiger partial charge in [-0.1, -0.05) is 12.1 Å². The van der Waals surface area contributed by atoms with Gasteiger partial charge in [0, 0.05) is 32.7 Å². The predicted molar refractivity (Wildman–Crippen MR) is 86.2 cm³/mol. The Morgan fingerprint density at radius 3 is 2.68 bits per heavy atom. The molecule has 1 heterocycles. The first-order valence-electron chi connectivity index (χ1n) is 7.82. The summed E-state index contributed by atoms with van der Waals surface area (Å²) in [4.78, 5) is 15.7. The molecule has 1 aromatic carbocycles. The van der Waals surface area contributed by atoms with Crippen molar-refractivity contribution in [3.63, 3.8) is 0 Å². The zero-order valence-electron chi connectivity index (χ0n) is 13.7. The Hall–Kier alpha value is -1.43. The fraction of sp³-hybridized carbons (Fsp3) is 0.588. The third-order valence-corrected chi connectivity index (χ3v) is 3.92. The van der Waals surface area contributed by atoms with Crippen LogP contribution in [0.15, 0.2) is 24.3 Å². The van der Waals surface area contributed by atoms with Gasteiger partial charge in [-0.3, -0.25) is 4.90 Å². The summed E-state index contributed by atoms with van der Waals surface area (Å²) in [6.45, 7) is 8.91. The van der Waals surface area contributed by atoms with E-state index in [2.05, 4.69) is 30.7 Å². The summed E-state index contributed by atoms with van der Waals surface area (Å²) in [5, 5.41) is 9.03. The number of rotatable bonds is 6. The van der Waals surface area contributed by atoms with Gasteiger partial charge in [-0.05, 0) is 38.6 Å². The van der Waals surface area contributed by atoms with Gasteiger partial charge in [-0.15, -0.1) is 0 Å². The molecule has 0 aromatic heterocycles. The van der Waals surface area contributed by atoms with Gasteiger partial charge in [-0.2, -0.15) is 0 Å². The van der Waals surface area contributed by atoms with Crippen molar-refractivity contribution in [2.45, 2.75) is 32.6 Å². The molecule has 122 valence electrons. The highest BCUT2D eigenvalue weighted by molar-refractivity contribution is 5.87. The molecule has 0 aliphatic carbocycles. The van der Waals surface area contributed by atoms with Crippen LogP contribution in [-0.2, 0) is 11.3 Å². The summed E-state index contributed by atoms with van der Waals surface area (Å²) in [7, 11) is 2.07. The lowest BCUT2D eigenvalue weighted by atomic mass is 10.1. The molecule has 1 fully saturated rings. The van der Waals surface area contributed by atoms with Crippen molar-refractivity contribution in [1.82, 2.24) is 9.80 Å². The fourth-order valence-corrected chi connectivity index (χ4v) is 2.97. The van der Waals surface area contributed by atoms with E-state index in [1.165, 1.54) is 0 Å².